The van der Waals surface area contributed by atoms with Gasteiger partial charge in [-0.15, -0.1) is 0 Å². The van der Waals surface area contributed by atoms with Crippen molar-refractivity contribution in [3.63, 3.8) is 0 Å². The van der Waals surface area contributed by atoms with Crippen LogP contribution < -0.4 is 15.4 Å². The van der Waals surface area contributed by atoms with Crippen LogP contribution in [0.1, 0.15) is 48.8 Å². The molecule has 14 heteroatoms. The van der Waals surface area contributed by atoms with E-state index in [2.05, 4.69) is 26.5 Å². The number of fused-ring (bicyclic) bond motifs is 1. The van der Waals surface area contributed by atoms with E-state index >= 15 is 0 Å². The van der Waals surface area contributed by atoms with E-state index in [9.17, 15) is 32.3 Å². The first-order valence-corrected chi connectivity index (χ1v) is 12.0. The fraction of sp³-hybridized carbons (Fsp3) is 0.385. The number of hydrogen-bond acceptors (Lipinski definition) is 9. The number of nitrogens with zero attached hydrogens (tertiary/aromatic N) is 4. The summed E-state index contributed by atoms with van der Waals surface area (Å²) >= 11 is 0. The predicted octanol–water partition coefficient (Wildman–Crippen LogP) is 2.41. The van der Waals surface area contributed by atoms with Crippen LogP contribution in [0.3, 0.4) is 0 Å². The zero-order chi connectivity index (χ0) is 29.8. The third-order valence-corrected chi connectivity index (χ3v) is 5.64. The molecule has 2 amide bonds. The zero-order valence-electron chi connectivity index (χ0n) is 22.0. The highest BCUT2D eigenvalue weighted by Crippen LogP contribution is 2.30. The van der Waals surface area contributed by atoms with E-state index in [0.29, 0.717) is 16.9 Å². The Balaban J connectivity index is 1.84. The summed E-state index contributed by atoms with van der Waals surface area (Å²) in [5, 5.41) is 0. The van der Waals surface area contributed by atoms with Gasteiger partial charge in [-0.3, -0.25) is 14.4 Å². The molecule has 2 aromatic rings. The number of hydrogen-bond donors (Lipinski definition) is 1. The summed E-state index contributed by atoms with van der Waals surface area (Å²) in [6, 6.07) is 4.82. The van der Waals surface area contributed by atoms with Crippen molar-refractivity contribution < 1.29 is 41.8 Å². The third kappa shape index (κ3) is 7.25. The highest BCUT2D eigenvalue weighted by molar-refractivity contribution is 6.10. The number of carbonyl (C=O) groups excluding carboxylic acids is 4. The lowest BCUT2D eigenvalue weighted by atomic mass is 10.0. The van der Waals surface area contributed by atoms with Gasteiger partial charge in [0, 0.05) is 29.4 Å². The average molecular weight is 562 g/mol. The molecule has 1 atom stereocenters. The fourth-order valence-electron chi connectivity index (χ4n) is 3.94. The average Bonchev–Trinajstić information content (AvgIpc) is 2.94. The van der Waals surface area contributed by atoms with E-state index in [1.165, 1.54) is 17.9 Å². The van der Waals surface area contributed by atoms with Gasteiger partial charge in [0.15, 0.2) is 6.61 Å². The fourth-order valence-corrected chi connectivity index (χ4v) is 3.94. The second-order valence-corrected chi connectivity index (χ2v) is 9.13. The molecule has 0 saturated carbocycles. The molecule has 1 aromatic heterocycles. The largest absolute Gasteiger partial charge is 0.491 e. The Morgan fingerprint density at radius 2 is 1.85 bits per heavy atom. The lowest BCUT2D eigenvalue weighted by molar-refractivity contribution is -0.202. The van der Waals surface area contributed by atoms with Gasteiger partial charge in [0.05, 0.1) is 17.7 Å². The standard InChI is InChI=1S/C26H26F3N5O6/c1-14(2)34-19-8-7-17(6-5-9-39-20-10-15(3)31-25(30)32-20)12-18(19)23(37)33(13-21(34)35)16(4)11-22(36)40-24(38)26(27,28)29/h7-8,10,12,14,16H,9,11,13H2,1-4H3,(H2,30,31,32). The number of aromatic nitrogens is 2. The second-order valence-electron chi connectivity index (χ2n) is 9.13. The van der Waals surface area contributed by atoms with Crippen molar-refractivity contribution in [2.75, 3.05) is 23.8 Å². The first-order chi connectivity index (χ1) is 18.7. The third-order valence-electron chi connectivity index (χ3n) is 5.64. The van der Waals surface area contributed by atoms with Gasteiger partial charge in [-0.2, -0.15) is 18.2 Å². The van der Waals surface area contributed by atoms with Gasteiger partial charge in [0.2, 0.25) is 17.7 Å². The Morgan fingerprint density at radius 1 is 1.15 bits per heavy atom. The summed E-state index contributed by atoms with van der Waals surface area (Å²) in [5.74, 6) is 0.674. The molecule has 1 aromatic carbocycles. The molecule has 0 saturated heterocycles. The maximum Gasteiger partial charge on any atom is 0.491 e. The number of esters is 2. The van der Waals surface area contributed by atoms with Crippen LogP contribution in [0.5, 0.6) is 5.88 Å². The van der Waals surface area contributed by atoms with E-state index in [-0.39, 0.29) is 30.0 Å². The van der Waals surface area contributed by atoms with Crippen LogP contribution in [-0.4, -0.2) is 70.0 Å². The van der Waals surface area contributed by atoms with Crippen molar-refractivity contribution in [1.29, 1.82) is 0 Å². The number of aryl methyl sites for hydroxylation is 1. The first-order valence-electron chi connectivity index (χ1n) is 12.0. The van der Waals surface area contributed by atoms with Crippen LogP contribution in [-0.2, 0) is 19.1 Å². The predicted molar refractivity (Wildman–Crippen MR) is 135 cm³/mol. The molecule has 1 unspecified atom stereocenters. The van der Waals surface area contributed by atoms with Gasteiger partial charge in [-0.05, 0) is 45.9 Å². The maximum atomic E-state index is 13.5. The minimum Gasteiger partial charge on any atom is -0.464 e. The Bertz CT molecular complexity index is 1380. The van der Waals surface area contributed by atoms with E-state index in [0.717, 1.165) is 4.90 Å². The number of amides is 2. The van der Waals surface area contributed by atoms with E-state index in [4.69, 9.17) is 10.5 Å². The highest BCUT2D eigenvalue weighted by atomic mass is 19.4. The number of carbonyl (C=O) groups is 4. The number of alkyl halides is 3. The molecule has 1 aliphatic rings. The number of ether oxygens (including phenoxy) is 2. The van der Waals surface area contributed by atoms with Gasteiger partial charge < -0.3 is 25.0 Å². The molecule has 40 heavy (non-hydrogen) atoms. The summed E-state index contributed by atoms with van der Waals surface area (Å²) in [6.07, 6.45) is -6.10. The molecule has 2 N–H and O–H groups in total. The maximum absolute atomic E-state index is 13.5. The number of benzene rings is 1. The highest BCUT2D eigenvalue weighted by Gasteiger charge is 2.43. The number of rotatable bonds is 6. The Hall–Kier alpha value is -4.67. The van der Waals surface area contributed by atoms with Crippen LogP contribution >= 0.6 is 0 Å². The summed E-state index contributed by atoms with van der Waals surface area (Å²) in [7, 11) is 0. The normalized spacial score (nSPS) is 14.2. The SMILES string of the molecule is Cc1cc(OCC#Cc2ccc3c(c2)C(=O)N(C(C)CC(=O)OC(=O)C(F)(F)F)CC(=O)N3C(C)C)nc(N)n1. The van der Waals surface area contributed by atoms with E-state index in [1.54, 1.807) is 39.0 Å². The molecule has 212 valence electrons. The molecule has 2 heterocycles. The lowest BCUT2D eigenvalue weighted by Crippen LogP contribution is -2.46. The topological polar surface area (TPSA) is 145 Å². The van der Waals surface area contributed by atoms with Crippen molar-refractivity contribution in [3.8, 4) is 17.7 Å². The van der Waals surface area contributed by atoms with Gasteiger partial charge in [-0.25, -0.2) is 9.78 Å². The van der Waals surface area contributed by atoms with Crippen molar-refractivity contribution in [2.24, 2.45) is 0 Å². The number of nitrogen functional groups attached to an aromatic ring is 1. The first kappa shape index (κ1) is 29.9. The monoisotopic (exact) mass is 561 g/mol. The minimum atomic E-state index is -5.35. The smallest absolute Gasteiger partial charge is 0.464 e. The van der Waals surface area contributed by atoms with Crippen LogP contribution in [0.25, 0.3) is 0 Å². The van der Waals surface area contributed by atoms with Gasteiger partial charge in [0.1, 0.15) is 6.54 Å². The Morgan fingerprint density at radius 3 is 2.48 bits per heavy atom. The molecule has 0 radical (unpaired) electrons. The molecule has 0 spiro atoms. The molecular weight excluding hydrogens is 535 g/mol. The molecule has 0 fully saturated rings. The Labute approximate surface area is 227 Å². The molecule has 0 aliphatic carbocycles. The minimum absolute atomic E-state index is 0.0514. The van der Waals surface area contributed by atoms with Crippen molar-refractivity contribution in [1.82, 2.24) is 14.9 Å². The number of anilines is 2. The second kappa shape index (κ2) is 12.0. The number of nitrogens with two attached hydrogens (primary N) is 1. The molecule has 3 rings (SSSR count). The number of halogens is 3. The van der Waals surface area contributed by atoms with Crippen molar-refractivity contribution in [3.05, 3.63) is 41.1 Å². The van der Waals surface area contributed by atoms with Crippen LogP contribution in [0.15, 0.2) is 24.3 Å². The summed E-state index contributed by atoms with van der Waals surface area (Å²) < 4.78 is 46.7. The lowest BCUT2D eigenvalue weighted by Gasteiger charge is -2.28. The molecule has 0 bridgehead atoms. The summed E-state index contributed by atoms with van der Waals surface area (Å²) in [6.45, 7) is 6.07. The Kier molecular flexibility index (Phi) is 8.98. The summed E-state index contributed by atoms with van der Waals surface area (Å²) in [4.78, 5) is 59.9. The quantitative estimate of drug-likeness (QED) is 0.319. The summed E-state index contributed by atoms with van der Waals surface area (Å²) in [5.41, 5.74) is 7.03. The molecule has 1 aliphatic heterocycles. The molecular formula is C26H26F3N5O6. The van der Waals surface area contributed by atoms with Crippen molar-refractivity contribution >= 4 is 35.4 Å². The van der Waals surface area contributed by atoms with Gasteiger partial charge in [0.25, 0.3) is 5.91 Å². The van der Waals surface area contributed by atoms with Crippen LogP contribution in [0.4, 0.5) is 24.8 Å². The van der Waals surface area contributed by atoms with Crippen LogP contribution in [0.2, 0.25) is 0 Å². The van der Waals surface area contributed by atoms with Crippen molar-refractivity contribution in [2.45, 2.75) is 52.4 Å². The molecule has 11 nitrogen and oxygen atoms in total. The van der Waals surface area contributed by atoms with Crippen LogP contribution in [0, 0.1) is 18.8 Å². The van der Waals surface area contributed by atoms with Gasteiger partial charge in [-0.1, -0.05) is 11.8 Å². The van der Waals surface area contributed by atoms with E-state index < -0.39 is 48.9 Å². The van der Waals surface area contributed by atoms with Gasteiger partial charge >= 0.3 is 18.1 Å². The zero-order valence-corrected chi connectivity index (χ0v) is 22.0. The van der Waals surface area contributed by atoms with E-state index in [1.807, 2.05) is 0 Å².